The molecule has 3 unspecified atom stereocenters. The highest BCUT2D eigenvalue weighted by atomic mass is 16.5. The van der Waals surface area contributed by atoms with Crippen molar-refractivity contribution in [3.8, 4) is 0 Å². The van der Waals surface area contributed by atoms with E-state index in [0.29, 0.717) is 18.5 Å². The molecule has 2 heterocycles. The van der Waals surface area contributed by atoms with Gasteiger partial charge in [-0.1, -0.05) is 19.1 Å². The molecule has 3 rings (SSSR count). The van der Waals surface area contributed by atoms with Crippen LogP contribution in [0.5, 0.6) is 0 Å². The van der Waals surface area contributed by atoms with Crippen LogP contribution in [-0.2, 0) is 14.3 Å². The number of carbonyl (C=O) groups is 2. The molecule has 1 aromatic rings. The van der Waals surface area contributed by atoms with Gasteiger partial charge in [0.15, 0.2) is 0 Å². The summed E-state index contributed by atoms with van der Waals surface area (Å²) in [5, 5.41) is 3.33. The monoisotopic (exact) mass is 288 g/mol. The first-order chi connectivity index (χ1) is 10.1. The van der Waals surface area contributed by atoms with Gasteiger partial charge in [0.2, 0.25) is 0 Å². The van der Waals surface area contributed by atoms with Crippen LogP contribution in [-0.4, -0.2) is 30.6 Å². The molecule has 5 heteroatoms. The minimum atomic E-state index is -0.451. The lowest BCUT2D eigenvalue weighted by atomic mass is 10.1. The molecule has 2 aliphatic heterocycles. The Bertz CT molecular complexity index is 533. The number of ether oxygens (including phenoxy) is 1. The van der Waals surface area contributed by atoms with Crippen molar-refractivity contribution in [1.82, 2.24) is 5.32 Å². The molecule has 0 aliphatic carbocycles. The van der Waals surface area contributed by atoms with E-state index in [2.05, 4.69) is 19.2 Å². The second-order valence-electron chi connectivity index (χ2n) is 5.57. The molecule has 3 atom stereocenters. The molecule has 2 bridgehead atoms. The van der Waals surface area contributed by atoms with E-state index >= 15 is 0 Å². The number of nitrogens with one attached hydrogen (secondary N) is 1. The number of amides is 2. The van der Waals surface area contributed by atoms with Crippen molar-refractivity contribution >= 4 is 17.5 Å². The standard InChI is InChI=1S/C16H20N2O3/c1-3-17-10(2)11-4-6-12(7-5-11)18-15(19)13-8-9-14(21-13)16(18)20/h4-7,10,13-14,17H,3,8-9H2,1-2H3. The molecule has 2 fully saturated rings. The number of morpholine rings is 1. The van der Waals surface area contributed by atoms with Crippen LogP contribution >= 0.6 is 0 Å². The van der Waals surface area contributed by atoms with Crippen molar-refractivity contribution in [2.45, 2.75) is 44.9 Å². The highest BCUT2D eigenvalue weighted by Crippen LogP contribution is 2.32. The van der Waals surface area contributed by atoms with Gasteiger partial charge in [0.05, 0.1) is 5.69 Å². The zero-order valence-corrected chi connectivity index (χ0v) is 12.3. The molecule has 0 saturated carbocycles. The first kappa shape index (κ1) is 14.2. The maximum atomic E-state index is 12.3. The second-order valence-corrected chi connectivity index (χ2v) is 5.57. The zero-order chi connectivity index (χ0) is 15.0. The number of rotatable bonds is 4. The van der Waals surface area contributed by atoms with Crippen molar-refractivity contribution in [3.63, 3.8) is 0 Å². The summed E-state index contributed by atoms with van der Waals surface area (Å²) in [7, 11) is 0. The molecule has 1 N–H and O–H groups in total. The molecule has 0 aromatic heterocycles. The van der Waals surface area contributed by atoms with Gasteiger partial charge in [-0.05, 0) is 44.0 Å². The topological polar surface area (TPSA) is 58.6 Å². The molecule has 0 radical (unpaired) electrons. The van der Waals surface area contributed by atoms with Crippen LogP contribution < -0.4 is 10.2 Å². The summed E-state index contributed by atoms with van der Waals surface area (Å²) in [5.74, 6) is -0.470. The van der Waals surface area contributed by atoms with Gasteiger partial charge < -0.3 is 10.1 Å². The summed E-state index contributed by atoms with van der Waals surface area (Å²) in [4.78, 5) is 25.9. The van der Waals surface area contributed by atoms with Gasteiger partial charge in [-0.25, -0.2) is 4.90 Å². The van der Waals surface area contributed by atoms with E-state index in [1.165, 1.54) is 4.90 Å². The number of hydrogen-bond donors (Lipinski definition) is 1. The molecule has 2 saturated heterocycles. The van der Waals surface area contributed by atoms with E-state index in [1.807, 2.05) is 24.3 Å². The van der Waals surface area contributed by atoms with Crippen LogP contribution in [0.1, 0.15) is 38.3 Å². The SMILES string of the molecule is CCNC(C)c1ccc(N2C(=O)C3CCC(O3)C2=O)cc1. The van der Waals surface area contributed by atoms with Gasteiger partial charge in [-0.2, -0.15) is 0 Å². The lowest BCUT2D eigenvalue weighted by Gasteiger charge is -2.30. The van der Waals surface area contributed by atoms with Crippen molar-refractivity contribution in [1.29, 1.82) is 0 Å². The third-order valence-corrected chi connectivity index (χ3v) is 4.17. The Labute approximate surface area is 124 Å². The van der Waals surface area contributed by atoms with E-state index in [1.54, 1.807) is 0 Å². The Balaban J connectivity index is 1.83. The Kier molecular flexibility index (Phi) is 3.78. The normalized spacial score (nSPS) is 26.3. The lowest BCUT2D eigenvalue weighted by Crippen LogP contribution is -2.52. The minimum Gasteiger partial charge on any atom is -0.355 e. The molecule has 0 spiro atoms. The number of benzene rings is 1. The summed E-state index contributed by atoms with van der Waals surface area (Å²) in [6.45, 7) is 5.04. The molecule has 2 amide bonds. The molecule has 5 nitrogen and oxygen atoms in total. The van der Waals surface area contributed by atoms with Crippen molar-refractivity contribution in [3.05, 3.63) is 29.8 Å². The van der Waals surface area contributed by atoms with E-state index < -0.39 is 12.2 Å². The van der Waals surface area contributed by atoms with Crippen LogP contribution in [0.2, 0.25) is 0 Å². The van der Waals surface area contributed by atoms with Crippen LogP contribution in [0.3, 0.4) is 0 Å². The first-order valence-corrected chi connectivity index (χ1v) is 7.48. The van der Waals surface area contributed by atoms with Crippen molar-refractivity contribution in [2.75, 3.05) is 11.4 Å². The van der Waals surface area contributed by atoms with Crippen molar-refractivity contribution < 1.29 is 14.3 Å². The van der Waals surface area contributed by atoms with E-state index in [-0.39, 0.29) is 17.9 Å². The van der Waals surface area contributed by atoms with Crippen LogP contribution in [0.15, 0.2) is 24.3 Å². The average Bonchev–Trinajstić information content (AvgIpc) is 2.93. The molecule has 21 heavy (non-hydrogen) atoms. The van der Waals surface area contributed by atoms with Crippen LogP contribution in [0.25, 0.3) is 0 Å². The Morgan fingerprint density at radius 1 is 1.19 bits per heavy atom. The first-order valence-electron chi connectivity index (χ1n) is 7.48. The Morgan fingerprint density at radius 2 is 1.76 bits per heavy atom. The number of hydrogen-bond acceptors (Lipinski definition) is 4. The fraction of sp³-hybridized carbons (Fsp3) is 0.500. The molecular formula is C16H20N2O3. The summed E-state index contributed by atoms with van der Waals surface area (Å²) >= 11 is 0. The van der Waals surface area contributed by atoms with E-state index in [9.17, 15) is 9.59 Å². The van der Waals surface area contributed by atoms with Crippen LogP contribution in [0.4, 0.5) is 5.69 Å². The predicted octanol–water partition coefficient (Wildman–Crippen LogP) is 1.78. The number of imide groups is 1. The maximum Gasteiger partial charge on any atom is 0.262 e. The highest BCUT2D eigenvalue weighted by Gasteiger charge is 2.47. The number of nitrogens with zero attached hydrogens (tertiary/aromatic N) is 1. The largest absolute Gasteiger partial charge is 0.355 e. The third kappa shape index (κ3) is 2.47. The summed E-state index contributed by atoms with van der Waals surface area (Å²) < 4.78 is 5.42. The van der Waals surface area contributed by atoms with Gasteiger partial charge in [-0.3, -0.25) is 9.59 Å². The van der Waals surface area contributed by atoms with Gasteiger partial charge >= 0.3 is 0 Å². The van der Waals surface area contributed by atoms with Gasteiger partial charge in [0.1, 0.15) is 12.2 Å². The number of carbonyl (C=O) groups excluding carboxylic acids is 2. The van der Waals surface area contributed by atoms with E-state index in [4.69, 9.17) is 4.74 Å². The third-order valence-electron chi connectivity index (χ3n) is 4.17. The van der Waals surface area contributed by atoms with E-state index in [0.717, 1.165) is 12.1 Å². The molecule has 112 valence electrons. The smallest absolute Gasteiger partial charge is 0.262 e. The van der Waals surface area contributed by atoms with Crippen molar-refractivity contribution in [2.24, 2.45) is 0 Å². The molecule has 1 aromatic carbocycles. The lowest BCUT2D eigenvalue weighted by molar-refractivity contribution is -0.146. The fourth-order valence-corrected chi connectivity index (χ4v) is 2.99. The quantitative estimate of drug-likeness (QED) is 0.858. The van der Waals surface area contributed by atoms with Gasteiger partial charge in [-0.15, -0.1) is 0 Å². The summed E-state index contributed by atoms with van der Waals surface area (Å²) in [5.41, 5.74) is 1.77. The average molecular weight is 288 g/mol. The highest BCUT2D eigenvalue weighted by molar-refractivity contribution is 6.19. The molecular weight excluding hydrogens is 268 g/mol. The van der Waals surface area contributed by atoms with Gasteiger partial charge in [0, 0.05) is 6.04 Å². The minimum absolute atomic E-state index is 0.235. The van der Waals surface area contributed by atoms with Gasteiger partial charge in [0.25, 0.3) is 11.8 Å². The Hall–Kier alpha value is -1.72. The summed E-state index contributed by atoms with van der Waals surface area (Å²) in [6, 6.07) is 7.84. The zero-order valence-electron chi connectivity index (χ0n) is 12.3. The summed E-state index contributed by atoms with van der Waals surface area (Å²) in [6.07, 6.45) is 0.379. The molecule has 2 aliphatic rings. The van der Waals surface area contributed by atoms with Crippen LogP contribution in [0, 0.1) is 0 Å². The second kappa shape index (κ2) is 5.58. The Morgan fingerprint density at radius 3 is 2.29 bits per heavy atom. The predicted molar refractivity (Wildman–Crippen MR) is 78.9 cm³/mol. The number of fused-ring (bicyclic) bond motifs is 2. The maximum absolute atomic E-state index is 12.3. The number of anilines is 1. The fourth-order valence-electron chi connectivity index (χ4n) is 2.99.